The maximum absolute atomic E-state index is 10.1. The van der Waals surface area contributed by atoms with Crippen molar-refractivity contribution in [2.24, 2.45) is 0 Å². The minimum atomic E-state index is -1.09. The van der Waals surface area contributed by atoms with Gasteiger partial charge in [0.15, 0.2) is 0 Å². The second-order valence-electron chi connectivity index (χ2n) is 2.55. The molecule has 0 fully saturated rings. The van der Waals surface area contributed by atoms with Gasteiger partial charge >= 0.3 is 0 Å². The smallest absolute Gasteiger partial charge is 0.131 e. The first-order chi connectivity index (χ1) is 6.22. The predicted octanol–water partition coefficient (Wildman–Crippen LogP) is -1.39. The van der Waals surface area contributed by atoms with E-state index in [-0.39, 0.29) is 6.54 Å². The van der Waals surface area contributed by atoms with Crippen molar-refractivity contribution >= 4 is 11.7 Å². The van der Waals surface area contributed by atoms with E-state index in [0.29, 0.717) is 0 Å². The van der Waals surface area contributed by atoms with Gasteiger partial charge in [-0.2, -0.15) is 0 Å². The van der Waals surface area contributed by atoms with Gasteiger partial charge in [-0.05, 0) is 12.1 Å². The third kappa shape index (κ3) is 2.97. The van der Waals surface area contributed by atoms with E-state index in [1.54, 1.807) is 29.6 Å². The lowest BCUT2D eigenvalue weighted by molar-refractivity contribution is -0.569. The van der Waals surface area contributed by atoms with Crippen molar-refractivity contribution in [2.75, 3.05) is 6.54 Å². The Morgan fingerprint density at radius 3 is 3.00 bits per heavy atom. The topological polar surface area (TPSA) is 56.7 Å². The molecule has 13 heavy (non-hydrogen) atoms. The molecule has 0 saturated heterocycles. The van der Waals surface area contributed by atoms with Gasteiger partial charge in [0.05, 0.1) is 5.97 Å². The number of carbonyl (C=O) groups excluding carboxylic acids is 1. The fraction of sp³-hybridized carbons (Fsp3) is 0.100. The van der Waals surface area contributed by atoms with E-state index in [2.05, 4.69) is 5.92 Å². The Bertz CT molecular complexity index is 352. The number of carboxylic acid groups (broad SMARTS) is 1. The lowest BCUT2D eigenvalue weighted by Crippen LogP contribution is -2.81. The quantitative estimate of drug-likeness (QED) is 0.454. The first kappa shape index (κ1) is 9.30. The Kier molecular flexibility index (Phi) is 3.07. The van der Waals surface area contributed by atoms with Crippen LogP contribution in [0.15, 0.2) is 24.3 Å². The lowest BCUT2D eigenvalue weighted by atomic mass is 10.2. The van der Waals surface area contributed by atoms with E-state index in [0.717, 1.165) is 11.3 Å². The molecule has 3 nitrogen and oxygen atoms in total. The SMILES string of the molecule is C#Cc1cccc([NH2+]CC(=O)[O-])c1. The highest BCUT2D eigenvalue weighted by Crippen LogP contribution is 2.02. The highest BCUT2D eigenvalue weighted by molar-refractivity contribution is 5.65. The molecule has 1 rings (SSSR count). The van der Waals surface area contributed by atoms with Gasteiger partial charge in [0.1, 0.15) is 12.2 Å². The second-order valence-corrected chi connectivity index (χ2v) is 2.55. The molecule has 0 bridgehead atoms. The summed E-state index contributed by atoms with van der Waals surface area (Å²) < 4.78 is 0. The van der Waals surface area contributed by atoms with Crippen LogP contribution >= 0.6 is 0 Å². The summed E-state index contributed by atoms with van der Waals surface area (Å²) in [7, 11) is 0. The van der Waals surface area contributed by atoms with Gasteiger partial charge in [-0.1, -0.05) is 12.0 Å². The molecular weight excluding hydrogens is 166 g/mol. The summed E-state index contributed by atoms with van der Waals surface area (Å²) in [5, 5.41) is 11.7. The number of aliphatic carboxylic acids is 1. The Labute approximate surface area is 76.4 Å². The van der Waals surface area contributed by atoms with Gasteiger partial charge in [0, 0.05) is 11.6 Å². The average molecular weight is 175 g/mol. The monoisotopic (exact) mass is 175 g/mol. The van der Waals surface area contributed by atoms with Crippen LogP contribution in [0.3, 0.4) is 0 Å². The first-order valence-corrected chi connectivity index (χ1v) is 3.82. The maximum atomic E-state index is 10.1. The van der Waals surface area contributed by atoms with Gasteiger partial charge in [-0.3, -0.25) is 0 Å². The van der Waals surface area contributed by atoms with Crippen LogP contribution in [0.5, 0.6) is 0 Å². The zero-order valence-corrected chi connectivity index (χ0v) is 6.99. The Morgan fingerprint density at radius 2 is 2.38 bits per heavy atom. The van der Waals surface area contributed by atoms with Gasteiger partial charge in [0.2, 0.25) is 0 Å². The molecule has 0 aliphatic carbocycles. The van der Waals surface area contributed by atoms with Gasteiger partial charge in [-0.25, -0.2) is 0 Å². The van der Waals surface area contributed by atoms with Crippen LogP contribution in [0.4, 0.5) is 5.69 Å². The number of benzene rings is 1. The Morgan fingerprint density at radius 1 is 1.62 bits per heavy atom. The number of hydrogen-bond donors (Lipinski definition) is 1. The number of rotatable bonds is 3. The molecule has 66 valence electrons. The zero-order chi connectivity index (χ0) is 9.68. The summed E-state index contributed by atoms with van der Waals surface area (Å²) >= 11 is 0. The second kappa shape index (κ2) is 4.29. The van der Waals surface area contributed by atoms with Crippen LogP contribution in [-0.4, -0.2) is 12.5 Å². The number of carboxylic acids is 1. The van der Waals surface area contributed by atoms with Crippen molar-refractivity contribution < 1.29 is 15.2 Å². The van der Waals surface area contributed by atoms with E-state index in [4.69, 9.17) is 6.42 Å². The van der Waals surface area contributed by atoms with Crippen molar-refractivity contribution in [3.05, 3.63) is 29.8 Å². The highest BCUT2D eigenvalue weighted by atomic mass is 16.4. The largest absolute Gasteiger partial charge is 0.544 e. The van der Waals surface area contributed by atoms with Crippen LogP contribution < -0.4 is 10.4 Å². The van der Waals surface area contributed by atoms with Gasteiger partial charge in [0.25, 0.3) is 0 Å². The summed E-state index contributed by atoms with van der Waals surface area (Å²) in [5.74, 6) is 1.38. The maximum Gasteiger partial charge on any atom is 0.131 e. The normalized spacial score (nSPS) is 9.15. The van der Waals surface area contributed by atoms with Crippen LogP contribution in [0, 0.1) is 12.3 Å². The third-order valence-electron chi connectivity index (χ3n) is 1.56. The van der Waals surface area contributed by atoms with Crippen molar-refractivity contribution in [3.8, 4) is 12.3 Å². The summed E-state index contributed by atoms with van der Waals surface area (Å²) in [6.45, 7) is -0.0893. The van der Waals surface area contributed by atoms with Crippen LogP contribution in [-0.2, 0) is 4.79 Å². The lowest BCUT2D eigenvalue weighted by Gasteiger charge is -2.01. The minimum absolute atomic E-state index is 0.0893. The van der Waals surface area contributed by atoms with Gasteiger partial charge in [-0.15, -0.1) is 6.42 Å². The van der Waals surface area contributed by atoms with E-state index in [1.807, 2.05) is 0 Å². The molecule has 0 unspecified atom stereocenters. The third-order valence-corrected chi connectivity index (χ3v) is 1.56. The number of carbonyl (C=O) groups is 1. The standard InChI is InChI=1S/C10H9NO2/c1-2-8-4-3-5-9(6-8)11-7-10(12)13/h1,3-6,11H,7H2,(H,12,13). The van der Waals surface area contributed by atoms with Gasteiger partial charge < -0.3 is 15.2 Å². The van der Waals surface area contributed by atoms with Crippen LogP contribution in [0.1, 0.15) is 5.56 Å². The molecule has 0 aliphatic heterocycles. The minimum Gasteiger partial charge on any atom is -0.544 e. The number of hydrogen-bond acceptors (Lipinski definition) is 2. The summed E-state index contributed by atoms with van der Waals surface area (Å²) in [5.41, 5.74) is 1.55. The Hall–Kier alpha value is -1.79. The van der Waals surface area contributed by atoms with Crippen molar-refractivity contribution in [2.45, 2.75) is 0 Å². The molecule has 1 aromatic rings. The van der Waals surface area contributed by atoms with Crippen molar-refractivity contribution in [1.29, 1.82) is 0 Å². The fourth-order valence-electron chi connectivity index (χ4n) is 0.957. The molecule has 0 radical (unpaired) electrons. The zero-order valence-electron chi connectivity index (χ0n) is 6.99. The van der Waals surface area contributed by atoms with E-state index < -0.39 is 5.97 Å². The molecule has 0 saturated carbocycles. The first-order valence-electron chi connectivity index (χ1n) is 3.82. The van der Waals surface area contributed by atoms with Crippen LogP contribution in [0.2, 0.25) is 0 Å². The van der Waals surface area contributed by atoms with E-state index in [1.165, 1.54) is 0 Å². The predicted molar refractivity (Wildman–Crippen MR) is 45.8 cm³/mol. The molecule has 0 spiro atoms. The molecule has 0 atom stereocenters. The number of nitrogens with two attached hydrogens (primary N) is 1. The van der Waals surface area contributed by atoms with Crippen molar-refractivity contribution in [1.82, 2.24) is 0 Å². The molecule has 0 aliphatic rings. The molecule has 0 aromatic heterocycles. The summed E-state index contributed by atoms with van der Waals surface area (Å²) in [6, 6.07) is 7.12. The molecule has 2 N–H and O–H groups in total. The molecule has 1 aromatic carbocycles. The number of terminal acetylenes is 1. The molecule has 0 amide bonds. The summed E-state index contributed by atoms with van der Waals surface area (Å²) in [6.07, 6.45) is 5.18. The van der Waals surface area contributed by atoms with E-state index in [9.17, 15) is 9.90 Å². The molecule has 0 heterocycles. The van der Waals surface area contributed by atoms with Crippen molar-refractivity contribution in [3.63, 3.8) is 0 Å². The van der Waals surface area contributed by atoms with E-state index >= 15 is 0 Å². The highest BCUT2D eigenvalue weighted by Gasteiger charge is 1.96. The Balaban J connectivity index is 2.68. The molecule has 3 heteroatoms. The molecular formula is C10H9NO2. The fourth-order valence-corrected chi connectivity index (χ4v) is 0.957. The average Bonchev–Trinajstić information content (AvgIpc) is 2.15. The summed E-state index contributed by atoms with van der Waals surface area (Å²) in [4.78, 5) is 10.1. The number of quaternary nitrogens is 1. The van der Waals surface area contributed by atoms with Crippen LogP contribution in [0.25, 0.3) is 0 Å².